The minimum Gasteiger partial charge on any atom is -0.370 e. The average molecular weight is 591 g/mol. The van der Waals surface area contributed by atoms with Crippen LogP contribution in [-0.4, -0.2) is 76.0 Å². The summed E-state index contributed by atoms with van der Waals surface area (Å²) in [5, 5.41) is 3.00. The first-order valence-corrected chi connectivity index (χ1v) is 16.1. The first kappa shape index (κ1) is 30.2. The predicted octanol–water partition coefficient (Wildman–Crippen LogP) is 3.81. The van der Waals surface area contributed by atoms with E-state index < -0.39 is 16.1 Å². The molecule has 0 saturated carbocycles. The van der Waals surface area contributed by atoms with Gasteiger partial charge in [-0.15, -0.1) is 0 Å². The Hall–Kier alpha value is -3.24. The zero-order valence-electron chi connectivity index (χ0n) is 25.1. The molecule has 1 fully saturated rings. The van der Waals surface area contributed by atoms with E-state index in [0.29, 0.717) is 17.9 Å². The number of amides is 1. The SMILES string of the molecule is Cc1cc(C)c(S(=O)(=O)N2Cc3ccccc3CC2COCC(=O)NCc2ccccc2N2CCN(C)CC2)c(C)c1. The first-order valence-electron chi connectivity index (χ1n) is 14.7. The highest BCUT2D eigenvalue weighted by Gasteiger charge is 2.37. The maximum Gasteiger partial charge on any atom is 0.246 e. The van der Waals surface area contributed by atoms with Crippen LogP contribution in [0.5, 0.6) is 0 Å². The van der Waals surface area contributed by atoms with Gasteiger partial charge in [-0.1, -0.05) is 60.2 Å². The molecule has 2 aliphatic rings. The van der Waals surface area contributed by atoms with E-state index >= 15 is 0 Å². The molecule has 3 aromatic rings. The van der Waals surface area contributed by atoms with E-state index in [0.717, 1.165) is 65.2 Å². The molecule has 1 amide bonds. The Morgan fingerprint density at radius 1 is 0.929 bits per heavy atom. The summed E-state index contributed by atoms with van der Waals surface area (Å²) in [6.07, 6.45) is 0.527. The van der Waals surface area contributed by atoms with Gasteiger partial charge in [-0.3, -0.25) is 4.79 Å². The van der Waals surface area contributed by atoms with Crippen LogP contribution in [0.3, 0.4) is 0 Å². The van der Waals surface area contributed by atoms with Crippen molar-refractivity contribution in [3.63, 3.8) is 0 Å². The van der Waals surface area contributed by atoms with Crippen molar-refractivity contribution in [2.24, 2.45) is 0 Å². The van der Waals surface area contributed by atoms with Crippen LogP contribution < -0.4 is 10.2 Å². The average Bonchev–Trinajstić information content (AvgIpc) is 2.95. The number of ether oxygens (including phenoxy) is 1. The van der Waals surface area contributed by atoms with Crippen molar-refractivity contribution < 1.29 is 17.9 Å². The lowest BCUT2D eigenvalue weighted by Crippen LogP contribution is -2.47. The number of hydrogen-bond donors (Lipinski definition) is 1. The van der Waals surface area contributed by atoms with Gasteiger partial charge in [0.15, 0.2) is 0 Å². The van der Waals surface area contributed by atoms with Gasteiger partial charge in [-0.2, -0.15) is 4.31 Å². The van der Waals surface area contributed by atoms with Crippen LogP contribution in [0.25, 0.3) is 0 Å². The summed E-state index contributed by atoms with van der Waals surface area (Å²) >= 11 is 0. The molecular weight excluding hydrogens is 548 g/mol. The quantitative estimate of drug-likeness (QED) is 0.408. The Morgan fingerprint density at radius 3 is 2.29 bits per heavy atom. The zero-order valence-corrected chi connectivity index (χ0v) is 25.9. The van der Waals surface area contributed by atoms with E-state index in [1.807, 2.05) is 75.4 Å². The summed E-state index contributed by atoms with van der Waals surface area (Å²) in [5.41, 5.74) is 6.83. The number of aryl methyl sites for hydroxylation is 3. The van der Waals surface area contributed by atoms with Gasteiger partial charge >= 0.3 is 0 Å². The second-order valence-electron chi connectivity index (χ2n) is 11.6. The molecule has 0 aliphatic carbocycles. The fraction of sp³-hybridized carbons (Fsp3) is 0.424. The normalized spacial score (nSPS) is 18.1. The molecule has 2 aliphatic heterocycles. The molecular formula is C33H42N4O4S. The molecule has 0 radical (unpaired) electrons. The molecule has 1 atom stereocenters. The second-order valence-corrected chi connectivity index (χ2v) is 13.4. The van der Waals surface area contributed by atoms with E-state index in [4.69, 9.17) is 4.74 Å². The van der Waals surface area contributed by atoms with E-state index in [1.165, 1.54) is 0 Å². The van der Waals surface area contributed by atoms with Crippen LogP contribution in [0, 0.1) is 20.8 Å². The van der Waals surface area contributed by atoms with Crippen LogP contribution in [0.15, 0.2) is 65.6 Å². The highest BCUT2D eigenvalue weighted by molar-refractivity contribution is 7.89. The lowest BCUT2D eigenvalue weighted by atomic mass is 9.96. The third-order valence-electron chi connectivity index (χ3n) is 8.33. The van der Waals surface area contributed by atoms with Gasteiger partial charge in [0, 0.05) is 45.0 Å². The van der Waals surface area contributed by atoms with Crippen molar-refractivity contribution >= 4 is 21.6 Å². The lowest BCUT2D eigenvalue weighted by molar-refractivity contribution is -0.126. The number of anilines is 1. The smallest absolute Gasteiger partial charge is 0.246 e. The number of carbonyl (C=O) groups excluding carboxylic acids is 1. The largest absolute Gasteiger partial charge is 0.370 e. The maximum absolute atomic E-state index is 14.1. The molecule has 5 rings (SSSR count). The second kappa shape index (κ2) is 13.0. The topological polar surface area (TPSA) is 82.2 Å². The Bertz CT molecular complexity index is 1510. The number of carbonyl (C=O) groups is 1. The summed E-state index contributed by atoms with van der Waals surface area (Å²) in [6.45, 7) is 10.3. The summed E-state index contributed by atoms with van der Waals surface area (Å²) in [4.78, 5) is 17.9. The number of nitrogens with one attached hydrogen (secondary N) is 1. The van der Waals surface area contributed by atoms with Gasteiger partial charge in [-0.05, 0) is 68.1 Å². The van der Waals surface area contributed by atoms with E-state index in [-0.39, 0.29) is 25.7 Å². The van der Waals surface area contributed by atoms with Crippen molar-refractivity contribution in [3.8, 4) is 0 Å². The van der Waals surface area contributed by atoms with Gasteiger partial charge < -0.3 is 19.9 Å². The van der Waals surface area contributed by atoms with Crippen molar-refractivity contribution in [2.45, 2.75) is 51.2 Å². The molecule has 3 aromatic carbocycles. The van der Waals surface area contributed by atoms with Crippen molar-refractivity contribution in [1.82, 2.24) is 14.5 Å². The van der Waals surface area contributed by atoms with Crippen LogP contribution in [-0.2, 0) is 39.1 Å². The molecule has 9 heteroatoms. The van der Waals surface area contributed by atoms with Gasteiger partial charge in [0.25, 0.3) is 0 Å². The number of fused-ring (bicyclic) bond motifs is 1. The highest BCUT2D eigenvalue weighted by Crippen LogP contribution is 2.32. The van der Waals surface area contributed by atoms with Gasteiger partial charge in [-0.25, -0.2) is 8.42 Å². The number of sulfonamides is 1. The summed E-state index contributed by atoms with van der Waals surface area (Å²) in [5.74, 6) is -0.223. The minimum absolute atomic E-state index is 0.128. The molecule has 42 heavy (non-hydrogen) atoms. The third kappa shape index (κ3) is 6.70. The van der Waals surface area contributed by atoms with E-state index in [1.54, 1.807) is 4.31 Å². The first-order chi connectivity index (χ1) is 20.1. The molecule has 1 N–H and O–H groups in total. The molecule has 1 unspecified atom stereocenters. The van der Waals surface area contributed by atoms with E-state index in [2.05, 4.69) is 28.2 Å². The summed E-state index contributed by atoms with van der Waals surface area (Å²) in [7, 11) is -1.67. The monoisotopic (exact) mass is 590 g/mol. The molecule has 8 nitrogen and oxygen atoms in total. The Labute approximate surface area is 250 Å². The maximum atomic E-state index is 14.1. The summed E-state index contributed by atoms with van der Waals surface area (Å²) < 4.78 is 35.6. The standard InChI is InChI=1S/C33H42N4O4S/c1-24-17-25(2)33(26(3)18-24)42(39,40)37-21-29-11-6-5-9-27(29)19-30(37)22-41-23-32(38)34-20-28-10-7-8-12-31(28)36-15-13-35(4)14-16-36/h5-12,17-18,30H,13-16,19-23H2,1-4H3,(H,34,38). The van der Waals surface area contributed by atoms with Crippen molar-refractivity contribution in [1.29, 1.82) is 0 Å². The third-order valence-corrected chi connectivity index (χ3v) is 10.5. The van der Waals surface area contributed by atoms with Crippen LogP contribution in [0.4, 0.5) is 5.69 Å². The number of benzene rings is 3. The van der Waals surface area contributed by atoms with Crippen LogP contribution in [0.2, 0.25) is 0 Å². The van der Waals surface area contributed by atoms with Gasteiger partial charge in [0.1, 0.15) is 6.61 Å². The minimum atomic E-state index is -3.80. The molecule has 2 heterocycles. The fourth-order valence-corrected chi connectivity index (χ4v) is 8.23. The molecule has 0 bridgehead atoms. The fourth-order valence-electron chi connectivity index (χ4n) is 6.23. The summed E-state index contributed by atoms with van der Waals surface area (Å²) in [6, 6.07) is 19.5. The number of likely N-dealkylation sites (N-methyl/N-ethyl adjacent to an activating group) is 1. The number of piperazine rings is 1. The Kier molecular flexibility index (Phi) is 9.32. The highest BCUT2D eigenvalue weighted by atomic mass is 32.2. The van der Waals surface area contributed by atoms with Crippen molar-refractivity contribution in [2.75, 3.05) is 51.3 Å². The van der Waals surface area contributed by atoms with E-state index in [9.17, 15) is 13.2 Å². The van der Waals surface area contributed by atoms with Crippen molar-refractivity contribution in [3.05, 3.63) is 94.0 Å². The molecule has 0 aromatic heterocycles. The van der Waals surface area contributed by atoms with Crippen LogP contribution in [0.1, 0.15) is 33.4 Å². The lowest BCUT2D eigenvalue weighted by Gasteiger charge is -2.36. The molecule has 1 saturated heterocycles. The predicted molar refractivity (Wildman–Crippen MR) is 166 cm³/mol. The zero-order chi connectivity index (χ0) is 29.9. The van der Waals surface area contributed by atoms with Gasteiger partial charge in [0.2, 0.25) is 15.9 Å². The number of nitrogens with zero attached hydrogens (tertiary/aromatic N) is 3. The molecule has 224 valence electrons. The number of para-hydroxylation sites is 1. The van der Waals surface area contributed by atoms with Gasteiger partial charge in [0.05, 0.1) is 17.5 Å². The van der Waals surface area contributed by atoms with Crippen LogP contribution >= 0.6 is 0 Å². The Balaban J connectivity index is 1.24. The number of hydrogen-bond acceptors (Lipinski definition) is 6. The molecule has 0 spiro atoms. The Morgan fingerprint density at radius 2 is 1.57 bits per heavy atom. The number of rotatable bonds is 9.